The second-order valence-corrected chi connectivity index (χ2v) is 6.28. The second-order valence-electron chi connectivity index (χ2n) is 5.21. The third-order valence-corrected chi connectivity index (χ3v) is 4.42. The highest BCUT2D eigenvalue weighted by atomic mass is 35.5. The molecule has 25 heavy (non-hydrogen) atoms. The molecule has 0 aliphatic rings. The van der Waals surface area contributed by atoms with E-state index in [9.17, 15) is 4.39 Å². The predicted octanol–water partition coefficient (Wildman–Crippen LogP) is 0.0774. The van der Waals surface area contributed by atoms with Gasteiger partial charge in [-0.05, 0) is 53.2 Å². The molecule has 0 bridgehead atoms. The van der Waals surface area contributed by atoms with Crippen LogP contribution in [0.25, 0.3) is 5.69 Å². The third kappa shape index (κ3) is 5.81. The Morgan fingerprint density at radius 2 is 1.80 bits per heavy atom. The Morgan fingerprint density at radius 1 is 1.04 bits per heavy atom. The molecule has 0 aliphatic carbocycles. The summed E-state index contributed by atoms with van der Waals surface area (Å²) in [7, 11) is 0. The molecule has 0 fully saturated rings. The number of aromatic nitrogens is 4. The highest BCUT2D eigenvalue weighted by Crippen LogP contribution is 2.18. The first kappa shape index (κ1) is 19.4. The lowest BCUT2D eigenvalue weighted by atomic mass is 10.2. The van der Waals surface area contributed by atoms with Crippen molar-refractivity contribution in [3.8, 4) is 5.69 Å². The van der Waals surface area contributed by atoms with Gasteiger partial charge in [0.15, 0.2) is 0 Å². The molecule has 0 aliphatic heterocycles. The maximum atomic E-state index is 12.8. The van der Waals surface area contributed by atoms with Gasteiger partial charge in [-0.15, -0.1) is 5.10 Å². The van der Waals surface area contributed by atoms with Crippen molar-refractivity contribution in [2.24, 2.45) is 0 Å². The molecule has 2 aromatic carbocycles. The van der Waals surface area contributed by atoms with Gasteiger partial charge in [0.1, 0.15) is 5.82 Å². The summed E-state index contributed by atoms with van der Waals surface area (Å²) in [4.78, 5) is 0. The zero-order valence-corrected chi connectivity index (χ0v) is 15.1. The Kier molecular flexibility index (Phi) is 7.84. The van der Waals surface area contributed by atoms with E-state index in [0.717, 1.165) is 41.7 Å². The summed E-state index contributed by atoms with van der Waals surface area (Å²) in [5, 5.41) is 16.0. The van der Waals surface area contributed by atoms with E-state index in [1.807, 2.05) is 30.3 Å². The summed E-state index contributed by atoms with van der Waals surface area (Å²) in [6.45, 7) is 1.63. The van der Waals surface area contributed by atoms with Crippen LogP contribution < -0.4 is 17.7 Å². The number of rotatable bonds is 8. The van der Waals surface area contributed by atoms with Gasteiger partial charge < -0.3 is 17.7 Å². The lowest BCUT2D eigenvalue weighted by Crippen LogP contribution is -3.00. The topological polar surface area (TPSA) is 55.6 Å². The maximum absolute atomic E-state index is 12.8. The number of hydrogen-bond donors (Lipinski definition) is 1. The third-order valence-electron chi connectivity index (χ3n) is 3.41. The van der Waals surface area contributed by atoms with Crippen LogP contribution in [0.5, 0.6) is 0 Å². The van der Waals surface area contributed by atoms with Crippen molar-refractivity contribution >= 4 is 11.8 Å². The maximum Gasteiger partial charge on any atom is 0.214 e. The molecule has 3 aromatic rings. The van der Waals surface area contributed by atoms with Crippen LogP contribution in [0, 0.1) is 5.82 Å². The van der Waals surface area contributed by atoms with Crippen molar-refractivity contribution in [3.63, 3.8) is 0 Å². The van der Waals surface area contributed by atoms with Crippen molar-refractivity contribution in [1.29, 1.82) is 0 Å². The van der Waals surface area contributed by atoms with E-state index in [1.54, 1.807) is 28.6 Å². The molecule has 5 nitrogen and oxygen atoms in total. The average Bonchev–Trinajstić information content (AvgIpc) is 3.09. The summed E-state index contributed by atoms with van der Waals surface area (Å²) in [5.41, 5.74) is 2.04. The zero-order valence-electron chi connectivity index (χ0n) is 13.5. The molecule has 0 atom stereocenters. The van der Waals surface area contributed by atoms with Crippen molar-refractivity contribution in [3.05, 3.63) is 66.0 Å². The largest absolute Gasteiger partial charge is 1.00 e. The van der Waals surface area contributed by atoms with Gasteiger partial charge in [0.2, 0.25) is 5.16 Å². The van der Waals surface area contributed by atoms with E-state index in [-0.39, 0.29) is 18.2 Å². The normalized spacial score (nSPS) is 10.4. The van der Waals surface area contributed by atoms with E-state index in [0.29, 0.717) is 0 Å². The average molecular weight is 379 g/mol. The molecule has 132 valence electrons. The van der Waals surface area contributed by atoms with E-state index < -0.39 is 0 Å². The number of tetrazole rings is 1. The van der Waals surface area contributed by atoms with Crippen LogP contribution in [0.2, 0.25) is 0 Å². The Bertz CT molecular complexity index is 751. The van der Waals surface area contributed by atoms with Gasteiger partial charge in [-0.1, -0.05) is 42.1 Å². The minimum Gasteiger partial charge on any atom is -1.00 e. The lowest BCUT2D eigenvalue weighted by Gasteiger charge is -2.06. The number of nitrogens with one attached hydrogen (secondary N) is 1. The van der Waals surface area contributed by atoms with Crippen LogP contribution in [0.3, 0.4) is 0 Å². The van der Waals surface area contributed by atoms with Gasteiger partial charge in [-0.2, -0.15) is 4.68 Å². The van der Waals surface area contributed by atoms with Crippen molar-refractivity contribution in [2.45, 2.75) is 18.1 Å². The molecule has 1 N–H and O–H groups in total. The summed E-state index contributed by atoms with van der Waals surface area (Å²) >= 11 is 1.63. The van der Waals surface area contributed by atoms with Crippen LogP contribution in [-0.2, 0) is 6.54 Å². The fraction of sp³-hybridized carbons (Fsp3) is 0.235. The van der Waals surface area contributed by atoms with E-state index in [2.05, 4.69) is 20.8 Å². The van der Waals surface area contributed by atoms with Crippen molar-refractivity contribution < 1.29 is 16.8 Å². The Balaban J connectivity index is 0.00000225. The molecule has 0 radical (unpaired) electrons. The quantitative estimate of drug-likeness (QED) is 0.444. The number of halogens is 2. The minimum atomic E-state index is -0.203. The van der Waals surface area contributed by atoms with E-state index in [1.165, 1.54) is 12.1 Å². The molecular formula is C17H18ClFN5S-. The van der Waals surface area contributed by atoms with Gasteiger partial charge in [-0.3, -0.25) is 0 Å². The molecule has 8 heteroatoms. The molecule has 3 rings (SSSR count). The molecule has 1 aromatic heterocycles. The van der Waals surface area contributed by atoms with Crippen LogP contribution in [0.4, 0.5) is 4.39 Å². The monoisotopic (exact) mass is 378 g/mol. The molecule has 0 spiro atoms. The SMILES string of the molecule is Fc1ccc(CNCCCSc2nnnn2-c2ccccc2)cc1.[Cl-]. The second kappa shape index (κ2) is 10.1. The lowest BCUT2D eigenvalue weighted by molar-refractivity contribution is -0.00000558. The van der Waals surface area contributed by atoms with Crippen LogP contribution in [0.15, 0.2) is 59.8 Å². The van der Waals surface area contributed by atoms with Crippen molar-refractivity contribution in [2.75, 3.05) is 12.3 Å². The van der Waals surface area contributed by atoms with Crippen LogP contribution in [-0.4, -0.2) is 32.5 Å². The zero-order chi connectivity index (χ0) is 16.6. The molecular weight excluding hydrogens is 361 g/mol. The van der Waals surface area contributed by atoms with E-state index in [4.69, 9.17) is 0 Å². The Labute approximate surface area is 156 Å². The molecule has 0 saturated carbocycles. The van der Waals surface area contributed by atoms with Gasteiger partial charge in [0.05, 0.1) is 5.69 Å². The highest BCUT2D eigenvalue weighted by molar-refractivity contribution is 7.99. The molecule has 0 saturated heterocycles. The number of hydrogen-bond acceptors (Lipinski definition) is 5. The first-order valence-corrected chi connectivity index (χ1v) is 8.73. The standard InChI is InChI=1S/C17H18FN5S.ClH/c18-15-9-7-14(8-10-15)13-19-11-4-12-24-17-20-21-22-23(17)16-5-2-1-3-6-16;/h1-3,5-10,19H,4,11-13H2;1H/p-1. The van der Waals surface area contributed by atoms with Gasteiger partial charge in [0.25, 0.3) is 0 Å². The fourth-order valence-corrected chi connectivity index (χ4v) is 3.03. The number of thioether (sulfide) groups is 1. The number of para-hydroxylation sites is 1. The van der Waals surface area contributed by atoms with E-state index >= 15 is 0 Å². The molecule has 0 amide bonds. The van der Waals surface area contributed by atoms with Gasteiger partial charge in [0, 0.05) is 12.3 Å². The first-order valence-electron chi connectivity index (χ1n) is 7.75. The minimum absolute atomic E-state index is 0. The first-order chi connectivity index (χ1) is 11.8. The molecule has 0 unspecified atom stereocenters. The number of nitrogens with zero attached hydrogens (tertiary/aromatic N) is 4. The molecule has 1 heterocycles. The smallest absolute Gasteiger partial charge is 0.214 e. The Morgan fingerprint density at radius 3 is 2.56 bits per heavy atom. The number of benzene rings is 2. The van der Waals surface area contributed by atoms with Crippen LogP contribution >= 0.6 is 11.8 Å². The summed E-state index contributed by atoms with van der Waals surface area (Å²) in [5.74, 6) is 0.718. The van der Waals surface area contributed by atoms with Gasteiger partial charge >= 0.3 is 0 Å². The fourth-order valence-electron chi connectivity index (χ4n) is 2.20. The van der Waals surface area contributed by atoms with Gasteiger partial charge in [-0.25, -0.2) is 4.39 Å². The Hall–Kier alpha value is -1.96. The highest BCUT2D eigenvalue weighted by Gasteiger charge is 2.07. The van der Waals surface area contributed by atoms with Crippen LogP contribution in [0.1, 0.15) is 12.0 Å². The predicted molar refractivity (Wildman–Crippen MR) is 92.6 cm³/mol. The summed E-state index contributed by atoms with van der Waals surface area (Å²) < 4.78 is 14.6. The van der Waals surface area contributed by atoms with Crippen molar-refractivity contribution in [1.82, 2.24) is 25.5 Å². The summed E-state index contributed by atoms with van der Waals surface area (Å²) in [6.07, 6.45) is 0.994. The summed E-state index contributed by atoms with van der Waals surface area (Å²) in [6, 6.07) is 16.4.